The van der Waals surface area contributed by atoms with E-state index in [4.69, 9.17) is 0 Å². The van der Waals surface area contributed by atoms with Crippen LogP contribution in [0.5, 0.6) is 0 Å². The molecule has 0 heteroatoms. The Kier molecular flexibility index (Phi) is 10.6. The largest absolute Gasteiger partial charge is 0.0839 e. The van der Waals surface area contributed by atoms with Crippen molar-refractivity contribution in [3.05, 3.63) is 274 Å². The molecule has 8 aliphatic rings. The number of hydrogen-bond acceptors (Lipinski definition) is 0. The van der Waals surface area contributed by atoms with Crippen LogP contribution in [0.25, 0.3) is 22.3 Å². The lowest BCUT2D eigenvalue weighted by atomic mass is 9.65. The summed E-state index contributed by atoms with van der Waals surface area (Å²) < 4.78 is 0. The molecule has 0 fully saturated rings. The molecule has 11 rings (SSSR count). The summed E-state index contributed by atoms with van der Waals surface area (Å²) in [6.45, 7) is 0. The summed E-state index contributed by atoms with van der Waals surface area (Å²) in [7, 11) is 0. The van der Waals surface area contributed by atoms with Crippen LogP contribution in [0, 0.1) is 35.5 Å². The van der Waals surface area contributed by atoms with Crippen molar-refractivity contribution < 1.29 is 0 Å². The molecule has 0 aromatic heterocycles. The highest BCUT2D eigenvalue weighted by atomic mass is 14.4. The molecular formula is C62H54. The molecule has 0 nitrogen and oxygen atoms in total. The predicted octanol–water partition coefficient (Wildman–Crippen LogP) is 13.7. The second kappa shape index (κ2) is 17.1. The first-order valence-corrected chi connectivity index (χ1v) is 23.1. The first-order valence-electron chi connectivity index (χ1n) is 23.1. The molecule has 0 bridgehead atoms. The molecule has 8 aliphatic carbocycles. The van der Waals surface area contributed by atoms with E-state index in [1.54, 1.807) is 0 Å². The Bertz CT molecular complexity index is 2890. The van der Waals surface area contributed by atoms with E-state index in [2.05, 4.69) is 219 Å². The quantitative estimate of drug-likeness (QED) is 0.213. The minimum absolute atomic E-state index is 0.250. The first kappa shape index (κ1) is 38.4. The van der Waals surface area contributed by atoms with Crippen molar-refractivity contribution in [1.29, 1.82) is 0 Å². The lowest BCUT2D eigenvalue weighted by Gasteiger charge is -2.38. The van der Waals surface area contributed by atoms with Crippen molar-refractivity contribution >= 4 is 22.3 Å². The molecule has 3 aromatic carbocycles. The Labute approximate surface area is 368 Å². The van der Waals surface area contributed by atoms with Crippen LogP contribution < -0.4 is 10.4 Å². The van der Waals surface area contributed by atoms with Gasteiger partial charge < -0.3 is 0 Å². The van der Waals surface area contributed by atoms with Crippen molar-refractivity contribution in [2.45, 2.75) is 38.5 Å². The van der Waals surface area contributed by atoms with E-state index in [1.807, 2.05) is 0 Å². The number of fused-ring (bicyclic) bond motifs is 3. The van der Waals surface area contributed by atoms with E-state index in [-0.39, 0.29) is 17.8 Å². The van der Waals surface area contributed by atoms with Crippen LogP contribution in [-0.4, -0.2) is 0 Å². The van der Waals surface area contributed by atoms with Gasteiger partial charge in [0.2, 0.25) is 0 Å². The maximum Gasteiger partial charge on any atom is 0.0137 e. The Hall–Kier alpha value is -6.50. The average molecular weight is 799 g/mol. The third-order valence-corrected chi connectivity index (χ3v) is 14.4. The molecule has 6 atom stereocenters. The topological polar surface area (TPSA) is 0 Å². The SMILES string of the molecule is C1=CCC(C2C=C(C3=CCCC=C3)C=C(c3ccc(C4=c5ccccc5=C(C5=CC=C(C=CC6=CC=C(c7ccccc7)CC6)C6C=CC=CC56)C5C=CC=CC45)cc3)C2)C=C1. The van der Waals surface area contributed by atoms with Crippen LogP contribution >= 0.6 is 0 Å². The molecule has 0 saturated carbocycles. The van der Waals surface area contributed by atoms with Gasteiger partial charge in [-0.25, -0.2) is 0 Å². The third kappa shape index (κ3) is 7.47. The Balaban J connectivity index is 0.953. The number of rotatable bonds is 8. The molecule has 302 valence electrons. The molecule has 0 radical (unpaired) electrons. The minimum Gasteiger partial charge on any atom is -0.0839 e. The molecular weight excluding hydrogens is 745 g/mol. The van der Waals surface area contributed by atoms with E-state index in [9.17, 15) is 0 Å². The maximum atomic E-state index is 2.56. The van der Waals surface area contributed by atoms with Gasteiger partial charge in [-0.3, -0.25) is 0 Å². The fourth-order valence-electron chi connectivity index (χ4n) is 11.2. The smallest absolute Gasteiger partial charge is 0.0137 e. The van der Waals surface area contributed by atoms with Crippen LogP contribution in [0.3, 0.4) is 0 Å². The van der Waals surface area contributed by atoms with Crippen LogP contribution in [0.2, 0.25) is 0 Å². The number of hydrogen-bond donors (Lipinski definition) is 0. The van der Waals surface area contributed by atoms with Gasteiger partial charge in [0.15, 0.2) is 0 Å². The van der Waals surface area contributed by atoms with Crippen molar-refractivity contribution in [2.75, 3.05) is 0 Å². The second-order valence-electron chi connectivity index (χ2n) is 18.0. The predicted molar refractivity (Wildman–Crippen MR) is 263 cm³/mol. The van der Waals surface area contributed by atoms with Crippen molar-refractivity contribution in [3.63, 3.8) is 0 Å². The van der Waals surface area contributed by atoms with Gasteiger partial charge in [0.1, 0.15) is 0 Å². The van der Waals surface area contributed by atoms with Crippen molar-refractivity contribution in [3.8, 4) is 0 Å². The van der Waals surface area contributed by atoms with Crippen LogP contribution in [0.15, 0.2) is 246 Å². The Morgan fingerprint density at radius 2 is 1.19 bits per heavy atom. The summed E-state index contributed by atoms with van der Waals surface area (Å²) in [5.41, 5.74) is 16.8. The molecule has 0 aliphatic heterocycles. The molecule has 0 saturated heterocycles. The van der Waals surface area contributed by atoms with Crippen molar-refractivity contribution in [2.24, 2.45) is 35.5 Å². The molecule has 3 aromatic rings. The van der Waals surface area contributed by atoms with E-state index < -0.39 is 0 Å². The Morgan fingerprint density at radius 3 is 1.94 bits per heavy atom. The van der Waals surface area contributed by atoms with E-state index in [0.29, 0.717) is 17.8 Å². The number of benzene rings is 3. The maximum absolute atomic E-state index is 2.56. The van der Waals surface area contributed by atoms with Crippen LogP contribution in [0.1, 0.15) is 55.2 Å². The molecule has 6 unspecified atom stereocenters. The van der Waals surface area contributed by atoms with E-state index in [0.717, 1.165) is 38.5 Å². The normalized spacial score (nSPS) is 27.1. The van der Waals surface area contributed by atoms with Crippen LogP contribution in [-0.2, 0) is 0 Å². The van der Waals surface area contributed by atoms with E-state index >= 15 is 0 Å². The van der Waals surface area contributed by atoms with Gasteiger partial charge in [-0.1, -0.05) is 219 Å². The van der Waals surface area contributed by atoms with Crippen molar-refractivity contribution in [1.82, 2.24) is 0 Å². The first-order chi connectivity index (χ1) is 30.7. The van der Waals surface area contributed by atoms with E-state index in [1.165, 1.54) is 77.3 Å². The highest BCUT2D eigenvalue weighted by molar-refractivity contribution is 5.83. The summed E-state index contributed by atoms with van der Waals surface area (Å²) in [5, 5.41) is 2.74. The minimum atomic E-state index is 0.250. The highest BCUT2D eigenvalue weighted by Crippen LogP contribution is 2.47. The standard InChI is InChI=1S/C62H54/c1-4-16-44(17-5-1)47-31-28-43(29-32-47)30-33-49-38-39-60(55-23-11-10-22-54(49)55)62-58-26-14-12-24-56(58)61(57-25-13-15-27-59(57)62)50-36-34-48(35-37-50)53-41-51(45-18-6-2-7-19-45)40-52(42-53)46-20-8-3-9-21-46/h1-2,4-8,10-18,20-28,30-31,33-40,42,45,51,54-56,58H,3,9,19,29,32,41H2. The summed E-state index contributed by atoms with van der Waals surface area (Å²) >= 11 is 0. The lowest BCUT2D eigenvalue weighted by molar-refractivity contribution is 0.481. The summed E-state index contributed by atoms with van der Waals surface area (Å²) in [5.74, 6) is 2.11. The summed E-state index contributed by atoms with van der Waals surface area (Å²) in [6.07, 6.45) is 61.0. The van der Waals surface area contributed by atoms with Gasteiger partial charge in [0.05, 0.1) is 0 Å². The van der Waals surface area contributed by atoms with Gasteiger partial charge in [0.25, 0.3) is 0 Å². The molecule has 0 amide bonds. The van der Waals surface area contributed by atoms with Gasteiger partial charge in [-0.05, 0) is 128 Å². The molecule has 0 N–H and O–H groups in total. The monoisotopic (exact) mass is 798 g/mol. The average Bonchev–Trinajstić information content (AvgIpc) is 3.36. The number of allylic oxidation sites excluding steroid dienone is 30. The zero-order valence-corrected chi connectivity index (χ0v) is 35.5. The zero-order chi connectivity index (χ0) is 41.2. The van der Waals surface area contributed by atoms with Gasteiger partial charge in [-0.2, -0.15) is 0 Å². The highest BCUT2D eigenvalue weighted by Gasteiger charge is 2.37. The van der Waals surface area contributed by atoms with Gasteiger partial charge >= 0.3 is 0 Å². The fraction of sp³-hybridized carbons (Fsp3) is 0.194. The molecule has 0 heterocycles. The Morgan fingerprint density at radius 1 is 0.484 bits per heavy atom. The molecule has 0 spiro atoms. The fourth-order valence-corrected chi connectivity index (χ4v) is 11.2. The zero-order valence-electron chi connectivity index (χ0n) is 35.5. The summed E-state index contributed by atoms with van der Waals surface area (Å²) in [4.78, 5) is 0. The third-order valence-electron chi connectivity index (χ3n) is 14.4. The lowest BCUT2D eigenvalue weighted by Crippen LogP contribution is -2.41. The van der Waals surface area contributed by atoms with Crippen LogP contribution in [0.4, 0.5) is 0 Å². The molecule has 62 heavy (non-hydrogen) atoms. The van der Waals surface area contributed by atoms with Gasteiger partial charge in [0, 0.05) is 23.7 Å². The summed E-state index contributed by atoms with van der Waals surface area (Å²) in [6, 6.07) is 29.7. The second-order valence-corrected chi connectivity index (χ2v) is 18.0. The van der Waals surface area contributed by atoms with Gasteiger partial charge in [-0.15, -0.1) is 0 Å².